The molecule has 1 saturated heterocycles. The highest BCUT2D eigenvalue weighted by Gasteiger charge is 2.34. The van der Waals surface area contributed by atoms with Crippen molar-refractivity contribution in [3.63, 3.8) is 0 Å². The van der Waals surface area contributed by atoms with Crippen molar-refractivity contribution in [3.05, 3.63) is 62.3 Å². The van der Waals surface area contributed by atoms with E-state index in [1.807, 2.05) is 13.8 Å². The first kappa shape index (κ1) is 17.5. The Balaban J connectivity index is 1.93. The number of carboxylic acids is 1. The Hall–Kier alpha value is -1.91. The minimum atomic E-state index is -0.847. The molecule has 2 heterocycles. The summed E-state index contributed by atoms with van der Waals surface area (Å²) >= 11 is 1.69. The van der Waals surface area contributed by atoms with Crippen LogP contribution in [0.15, 0.2) is 35.9 Å². The molecule has 1 fully saturated rings. The largest absolute Gasteiger partial charge is 0.481 e. The summed E-state index contributed by atoms with van der Waals surface area (Å²) in [6, 6.07) is 10.9. The second-order valence-electron chi connectivity index (χ2n) is 7.76. The smallest absolute Gasteiger partial charge is 0.314 e. The molecule has 3 nitrogen and oxygen atoms in total. The van der Waals surface area contributed by atoms with Crippen LogP contribution in [0.5, 0.6) is 0 Å². The Morgan fingerprint density at radius 3 is 2.54 bits per heavy atom. The number of carbonyl (C=O) groups is 1. The van der Waals surface area contributed by atoms with Crippen LogP contribution < -0.4 is 5.32 Å². The predicted molar refractivity (Wildman–Crippen MR) is 107 cm³/mol. The number of aliphatic carboxylic acids is 1. The second kappa shape index (κ2) is 6.67. The van der Waals surface area contributed by atoms with Gasteiger partial charge in [0, 0.05) is 9.75 Å². The average Bonchev–Trinajstić information content (AvgIpc) is 3.00. The monoisotopic (exact) mass is 367 g/mol. The number of nitrogens with one attached hydrogen (secondary N) is 1. The maximum absolute atomic E-state index is 11.8. The summed E-state index contributed by atoms with van der Waals surface area (Å²) in [4.78, 5) is 14.1. The van der Waals surface area contributed by atoms with Crippen LogP contribution in [-0.2, 0) is 23.1 Å². The van der Waals surface area contributed by atoms with E-state index in [1.165, 1.54) is 32.7 Å². The molecule has 0 atom stereocenters. The lowest BCUT2D eigenvalue weighted by molar-refractivity contribution is -0.142. The highest BCUT2D eigenvalue weighted by Crippen LogP contribution is 2.43. The molecular weight excluding hydrogens is 342 g/mol. The lowest BCUT2D eigenvalue weighted by Gasteiger charge is -2.22. The topological polar surface area (TPSA) is 49.3 Å². The summed E-state index contributed by atoms with van der Waals surface area (Å²) in [5.41, 5.74) is 6.08. The van der Waals surface area contributed by atoms with E-state index in [9.17, 15) is 9.90 Å². The standard InChI is InChI=1S/C22H25NO2S/c1-22(2,21(24)25)19-13-17-18(26-19)8-7-14-5-3-4-6-16(14)20(17)15-9-11-23-12-10-15/h3-6,13,23H,7-12H2,1-2H3,(H,24,25). The van der Waals surface area contributed by atoms with E-state index < -0.39 is 11.4 Å². The van der Waals surface area contributed by atoms with Crippen molar-refractivity contribution in [2.24, 2.45) is 0 Å². The molecule has 1 aliphatic heterocycles. The Labute approximate surface area is 158 Å². The first-order valence-electron chi connectivity index (χ1n) is 9.36. The van der Waals surface area contributed by atoms with Gasteiger partial charge in [-0.3, -0.25) is 4.79 Å². The Morgan fingerprint density at radius 2 is 1.81 bits per heavy atom. The van der Waals surface area contributed by atoms with E-state index in [0.29, 0.717) is 0 Å². The van der Waals surface area contributed by atoms with Gasteiger partial charge >= 0.3 is 5.97 Å². The van der Waals surface area contributed by atoms with Crippen molar-refractivity contribution in [1.82, 2.24) is 5.32 Å². The highest BCUT2D eigenvalue weighted by molar-refractivity contribution is 7.12. The van der Waals surface area contributed by atoms with E-state index in [1.54, 1.807) is 11.3 Å². The molecule has 1 aromatic carbocycles. The number of fused-ring (bicyclic) bond motifs is 2. The van der Waals surface area contributed by atoms with Gasteiger partial charge in [0.25, 0.3) is 0 Å². The van der Waals surface area contributed by atoms with E-state index in [4.69, 9.17) is 0 Å². The van der Waals surface area contributed by atoms with Crippen LogP contribution in [0, 0.1) is 0 Å². The molecule has 1 aromatic heterocycles. The number of hydrogen-bond acceptors (Lipinski definition) is 3. The Bertz CT molecular complexity index is 883. The molecule has 0 saturated carbocycles. The average molecular weight is 368 g/mol. The van der Waals surface area contributed by atoms with Gasteiger partial charge in [0.1, 0.15) is 0 Å². The zero-order valence-corrected chi connectivity index (χ0v) is 16.2. The minimum absolute atomic E-state index is 0.759. The highest BCUT2D eigenvalue weighted by atomic mass is 32.1. The van der Waals surface area contributed by atoms with E-state index >= 15 is 0 Å². The fraction of sp³-hybridized carbons (Fsp3) is 0.409. The lowest BCUT2D eigenvalue weighted by atomic mass is 9.86. The molecular formula is C22H25NO2S. The second-order valence-corrected chi connectivity index (χ2v) is 8.90. The van der Waals surface area contributed by atoms with E-state index in [2.05, 4.69) is 35.6 Å². The number of rotatable bonds is 2. The number of hydrogen-bond donors (Lipinski definition) is 2. The summed E-state index contributed by atoms with van der Waals surface area (Å²) in [5, 5.41) is 13.1. The van der Waals surface area contributed by atoms with Gasteiger partial charge in [-0.05, 0) is 81.0 Å². The normalized spacial score (nSPS) is 17.5. The number of carboxylic acid groups (broad SMARTS) is 1. The summed E-state index contributed by atoms with van der Waals surface area (Å²) in [6.45, 7) is 5.67. The molecule has 2 aromatic rings. The fourth-order valence-electron chi connectivity index (χ4n) is 3.97. The van der Waals surface area contributed by atoms with Crippen LogP contribution in [0.4, 0.5) is 0 Å². The van der Waals surface area contributed by atoms with Gasteiger partial charge in [-0.25, -0.2) is 0 Å². The fourth-order valence-corrected chi connectivity index (χ4v) is 5.23. The van der Waals surface area contributed by atoms with Crippen LogP contribution in [0.2, 0.25) is 0 Å². The maximum Gasteiger partial charge on any atom is 0.314 e. The van der Waals surface area contributed by atoms with Gasteiger partial charge in [0.2, 0.25) is 0 Å². The van der Waals surface area contributed by atoms with Crippen molar-refractivity contribution < 1.29 is 9.90 Å². The maximum atomic E-state index is 11.8. The van der Waals surface area contributed by atoms with Crippen LogP contribution in [0.3, 0.4) is 0 Å². The van der Waals surface area contributed by atoms with Crippen molar-refractivity contribution in [1.29, 1.82) is 0 Å². The molecule has 0 amide bonds. The molecule has 26 heavy (non-hydrogen) atoms. The Morgan fingerprint density at radius 1 is 1.08 bits per heavy atom. The third kappa shape index (κ3) is 2.91. The summed E-state index contributed by atoms with van der Waals surface area (Å²) in [7, 11) is 0. The predicted octanol–water partition coefficient (Wildman–Crippen LogP) is 4.39. The first-order valence-corrected chi connectivity index (χ1v) is 10.2. The lowest BCUT2D eigenvalue weighted by Crippen LogP contribution is -2.27. The molecule has 4 heteroatoms. The van der Waals surface area contributed by atoms with Crippen molar-refractivity contribution in [3.8, 4) is 0 Å². The van der Waals surface area contributed by atoms with Gasteiger partial charge in [0.05, 0.1) is 5.41 Å². The molecule has 0 radical (unpaired) electrons. The van der Waals surface area contributed by atoms with E-state index in [0.717, 1.165) is 43.6 Å². The van der Waals surface area contributed by atoms with Gasteiger partial charge < -0.3 is 10.4 Å². The molecule has 136 valence electrons. The number of aryl methyl sites for hydroxylation is 2. The van der Waals surface area contributed by atoms with Crippen LogP contribution in [-0.4, -0.2) is 24.2 Å². The molecule has 1 aliphatic carbocycles. The Kier molecular flexibility index (Phi) is 4.49. The summed E-state index contributed by atoms with van der Waals surface area (Å²) in [5.74, 6) is -0.759. The van der Waals surface area contributed by atoms with Crippen LogP contribution in [0.25, 0.3) is 5.57 Å². The molecule has 0 spiro atoms. The molecule has 2 N–H and O–H groups in total. The number of thiophene rings is 1. The molecule has 0 bridgehead atoms. The third-order valence-corrected chi connectivity index (χ3v) is 7.22. The SMILES string of the molecule is CC(C)(C(=O)O)c1cc2c(s1)CCc1ccccc1C2=C1CCNCC1. The quantitative estimate of drug-likeness (QED) is 0.827. The molecule has 4 rings (SSSR count). The summed E-state index contributed by atoms with van der Waals surface area (Å²) in [6.07, 6.45) is 4.14. The van der Waals surface area contributed by atoms with Crippen LogP contribution >= 0.6 is 11.3 Å². The van der Waals surface area contributed by atoms with Crippen LogP contribution in [0.1, 0.15) is 53.1 Å². The summed E-state index contributed by atoms with van der Waals surface area (Å²) < 4.78 is 0. The van der Waals surface area contributed by atoms with E-state index in [-0.39, 0.29) is 0 Å². The van der Waals surface area contributed by atoms with Gasteiger partial charge in [-0.1, -0.05) is 29.8 Å². The number of benzene rings is 1. The molecule has 0 unspecified atom stereocenters. The third-order valence-electron chi connectivity index (χ3n) is 5.70. The number of piperidine rings is 1. The zero-order valence-electron chi connectivity index (χ0n) is 15.4. The minimum Gasteiger partial charge on any atom is -0.481 e. The van der Waals surface area contributed by atoms with Gasteiger partial charge in [0.15, 0.2) is 0 Å². The van der Waals surface area contributed by atoms with Crippen molar-refractivity contribution >= 4 is 22.9 Å². The van der Waals surface area contributed by atoms with Gasteiger partial charge in [-0.15, -0.1) is 11.3 Å². The van der Waals surface area contributed by atoms with Gasteiger partial charge in [-0.2, -0.15) is 0 Å². The molecule has 2 aliphatic rings. The van der Waals surface area contributed by atoms with Crippen molar-refractivity contribution in [2.45, 2.75) is 44.9 Å². The van der Waals surface area contributed by atoms with Crippen molar-refractivity contribution in [2.75, 3.05) is 13.1 Å². The zero-order chi connectivity index (χ0) is 18.3. The first-order chi connectivity index (χ1) is 12.5.